The van der Waals surface area contributed by atoms with E-state index in [1.807, 2.05) is 55.5 Å². The van der Waals surface area contributed by atoms with Crippen molar-refractivity contribution in [2.75, 3.05) is 38.2 Å². The number of ether oxygens (including phenoxy) is 2. The minimum Gasteiger partial charge on any atom is -0.508 e. The Morgan fingerprint density at radius 2 is 1.92 bits per heavy atom. The number of rotatable bonds is 8. The Morgan fingerprint density at radius 3 is 2.65 bits per heavy atom. The van der Waals surface area contributed by atoms with Gasteiger partial charge in [-0.3, -0.25) is 14.1 Å². The smallest absolute Gasteiger partial charge is 0.221 e. The number of amides is 1. The van der Waals surface area contributed by atoms with Crippen LogP contribution < -0.4 is 14.8 Å². The van der Waals surface area contributed by atoms with Gasteiger partial charge < -0.3 is 19.9 Å². The molecule has 5 rings (SSSR count). The Balaban J connectivity index is 1.40. The number of anilines is 1. The first-order chi connectivity index (χ1) is 17.9. The molecule has 0 unspecified atom stereocenters. The highest BCUT2D eigenvalue weighted by Crippen LogP contribution is 2.47. The van der Waals surface area contributed by atoms with Gasteiger partial charge in [-0.1, -0.05) is 24.3 Å². The van der Waals surface area contributed by atoms with E-state index in [4.69, 9.17) is 9.47 Å². The number of aromatic hydroxyl groups is 1. The van der Waals surface area contributed by atoms with Crippen LogP contribution in [-0.2, 0) is 4.79 Å². The Labute approximate surface area is 216 Å². The SMILES string of the molecule is CC(=O)Nc1cccc(C2=C(C)c3cc(O)ccc3O[C@@H]2c2ccc(OCCN3CC(CF)C3)cc2)c1. The molecule has 2 N–H and O–H groups in total. The van der Waals surface area contributed by atoms with Crippen LogP contribution in [0.3, 0.4) is 0 Å². The molecule has 0 spiro atoms. The number of nitrogens with zero attached hydrogens (tertiary/aromatic N) is 1. The first-order valence-corrected chi connectivity index (χ1v) is 12.5. The van der Waals surface area contributed by atoms with Gasteiger partial charge in [-0.25, -0.2) is 0 Å². The molecule has 3 aromatic carbocycles. The van der Waals surface area contributed by atoms with E-state index in [0.717, 1.165) is 53.2 Å². The molecule has 7 heteroatoms. The number of halogens is 1. The fourth-order valence-corrected chi connectivity index (χ4v) is 5.00. The van der Waals surface area contributed by atoms with E-state index in [-0.39, 0.29) is 24.2 Å². The zero-order valence-electron chi connectivity index (χ0n) is 21.0. The standard InChI is InChI=1S/C30H31FN2O4/c1-19-27-15-25(35)8-11-28(27)37-30(29(19)23-4-3-5-24(14-23)32-20(2)34)22-6-9-26(10-7-22)36-13-12-33-17-21(16-31)18-33/h3-11,14-15,21,30,35H,12-13,16-18H2,1-2H3,(H,32,34)/t30-/m1/s1. The van der Waals surface area contributed by atoms with E-state index >= 15 is 0 Å². The van der Waals surface area contributed by atoms with Crippen molar-refractivity contribution in [3.8, 4) is 17.2 Å². The zero-order valence-corrected chi connectivity index (χ0v) is 21.0. The lowest BCUT2D eigenvalue weighted by molar-refractivity contribution is -0.114. The number of allylic oxidation sites excluding steroid dienone is 1. The summed E-state index contributed by atoms with van der Waals surface area (Å²) in [4.78, 5) is 13.8. The average molecular weight is 503 g/mol. The lowest BCUT2D eigenvalue weighted by Gasteiger charge is -2.37. The lowest BCUT2D eigenvalue weighted by atomic mass is 9.86. The third kappa shape index (κ3) is 5.47. The van der Waals surface area contributed by atoms with Crippen LogP contribution in [0.5, 0.6) is 17.2 Å². The van der Waals surface area contributed by atoms with Gasteiger partial charge in [0.25, 0.3) is 0 Å². The number of nitrogens with one attached hydrogen (secondary N) is 1. The normalized spacial score (nSPS) is 17.5. The number of fused-ring (bicyclic) bond motifs is 1. The summed E-state index contributed by atoms with van der Waals surface area (Å²) < 4.78 is 25.0. The number of carbonyl (C=O) groups excluding carboxylic acids is 1. The fraction of sp³-hybridized carbons (Fsp3) is 0.300. The first kappa shape index (κ1) is 24.8. The van der Waals surface area contributed by atoms with Crippen molar-refractivity contribution >= 4 is 22.7 Å². The highest BCUT2D eigenvalue weighted by atomic mass is 19.1. The van der Waals surface area contributed by atoms with Gasteiger partial charge in [0.15, 0.2) is 0 Å². The monoisotopic (exact) mass is 502 g/mol. The van der Waals surface area contributed by atoms with Gasteiger partial charge in [0.1, 0.15) is 30.0 Å². The molecular weight excluding hydrogens is 471 g/mol. The summed E-state index contributed by atoms with van der Waals surface area (Å²) in [7, 11) is 0. The summed E-state index contributed by atoms with van der Waals surface area (Å²) in [6.07, 6.45) is -0.391. The number of carbonyl (C=O) groups is 1. The predicted octanol–water partition coefficient (Wildman–Crippen LogP) is 5.70. The molecule has 1 saturated heterocycles. The van der Waals surface area contributed by atoms with Gasteiger partial charge >= 0.3 is 0 Å². The molecule has 0 saturated carbocycles. The van der Waals surface area contributed by atoms with Gasteiger partial charge in [0, 0.05) is 49.3 Å². The molecule has 3 aromatic rings. The lowest BCUT2D eigenvalue weighted by Crippen LogP contribution is -2.49. The van der Waals surface area contributed by atoms with E-state index < -0.39 is 6.10 Å². The van der Waals surface area contributed by atoms with Gasteiger partial charge in [-0.05, 0) is 66.1 Å². The summed E-state index contributed by atoms with van der Waals surface area (Å²) >= 11 is 0. The van der Waals surface area contributed by atoms with Gasteiger partial charge in [-0.2, -0.15) is 0 Å². The molecule has 2 aliphatic rings. The second kappa shape index (κ2) is 10.6. The average Bonchev–Trinajstić information content (AvgIpc) is 2.86. The Kier molecular flexibility index (Phi) is 7.15. The van der Waals surface area contributed by atoms with Crippen molar-refractivity contribution in [1.29, 1.82) is 0 Å². The largest absolute Gasteiger partial charge is 0.508 e. The van der Waals surface area contributed by atoms with Crippen LogP contribution >= 0.6 is 0 Å². The maximum absolute atomic E-state index is 12.6. The molecule has 0 aromatic heterocycles. The van der Waals surface area contributed by atoms with E-state index in [0.29, 0.717) is 18.0 Å². The van der Waals surface area contributed by atoms with E-state index in [1.165, 1.54) is 6.92 Å². The third-order valence-electron chi connectivity index (χ3n) is 6.88. The minimum absolute atomic E-state index is 0.138. The molecule has 37 heavy (non-hydrogen) atoms. The van der Waals surface area contributed by atoms with Crippen LogP contribution in [0.1, 0.15) is 36.6 Å². The Bertz CT molecular complexity index is 1320. The summed E-state index contributed by atoms with van der Waals surface area (Å²) in [6.45, 7) is 6.19. The zero-order chi connectivity index (χ0) is 25.9. The number of benzene rings is 3. The molecular formula is C30H31FN2O4. The summed E-state index contributed by atoms with van der Waals surface area (Å²) in [6, 6.07) is 20.7. The quantitative estimate of drug-likeness (QED) is 0.414. The van der Waals surface area contributed by atoms with Crippen molar-refractivity contribution in [3.63, 3.8) is 0 Å². The van der Waals surface area contributed by atoms with E-state index in [2.05, 4.69) is 10.2 Å². The van der Waals surface area contributed by atoms with Crippen LogP contribution in [0.2, 0.25) is 0 Å². The molecule has 0 radical (unpaired) electrons. The van der Waals surface area contributed by atoms with Crippen molar-refractivity contribution < 1.29 is 23.8 Å². The summed E-state index contributed by atoms with van der Waals surface area (Å²) in [5, 5.41) is 13.0. The molecule has 1 atom stereocenters. The minimum atomic E-state index is -0.391. The second-order valence-corrected chi connectivity index (χ2v) is 9.68. The van der Waals surface area contributed by atoms with E-state index in [1.54, 1.807) is 18.2 Å². The van der Waals surface area contributed by atoms with Crippen LogP contribution in [0.25, 0.3) is 11.1 Å². The maximum Gasteiger partial charge on any atom is 0.221 e. The molecule has 2 heterocycles. The fourth-order valence-electron chi connectivity index (χ4n) is 5.00. The number of phenolic OH excluding ortho intramolecular Hbond substituents is 1. The molecule has 1 fully saturated rings. The summed E-state index contributed by atoms with van der Waals surface area (Å²) in [5.74, 6) is 1.67. The Morgan fingerprint density at radius 1 is 1.14 bits per heavy atom. The molecule has 192 valence electrons. The molecule has 0 bridgehead atoms. The molecule has 2 aliphatic heterocycles. The van der Waals surface area contributed by atoms with Crippen LogP contribution in [0, 0.1) is 5.92 Å². The number of likely N-dealkylation sites (tertiary alicyclic amines) is 1. The van der Waals surface area contributed by atoms with Crippen molar-refractivity contribution in [2.45, 2.75) is 20.0 Å². The first-order valence-electron chi connectivity index (χ1n) is 12.5. The van der Waals surface area contributed by atoms with Crippen LogP contribution in [0.4, 0.5) is 10.1 Å². The number of hydrogen-bond donors (Lipinski definition) is 2. The predicted molar refractivity (Wildman–Crippen MR) is 143 cm³/mol. The second-order valence-electron chi connectivity index (χ2n) is 9.68. The van der Waals surface area contributed by atoms with E-state index in [9.17, 15) is 14.3 Å². The van der Waals surface area contributed by atoms with Crippen molar-refractivity contribution in [3.05, 3.63) is 83.4 Å². The highest BCUT2D eigenvalue weighted by molar-refractivity contribution is 5.97. The third-order valence-corrected chi connectivity index (χ3v) is 6.88. The number of hydrogen-bond acceptors (Lipinski definition) is 5. The van der Waals surface area contributed by atoms with Gasteiger partial charge in [0.2, 0.25) is 5.91 Å². The molecule has 6 nitrogen and oxygen atoms in total. The van der Waals surface area contributed by atoms with Crippen molar-refractivity contribution in [1.82, 2.24) is 4.90 Å². The van der Waals surface area contributed by atoms with Gasteiger partial charge in [0.05, 0.1) is 6.67 Å². The summed E-state index contributed by atoms with van der Waals surface area (Å²) in [5.41, 5.74) is 5.36. The topological polar surface area (TPSA) is 71.0 Å². The number of alkyl halides is 1. The molecule has 1 amide bonds. The van der Waals surface area contributed by atoms with Crippen molar-refractivity contribution in [2.24, 2.45) is 5.92 Å². The van der Waals surface area contributed by atoms with Crippen LogP contribution in [0.15, 0.2) is 66.7 Å². The number of phenols is 1. The molecule has 0 aliphatic carbocycles. The maximum atomic E-state index is 12.6. The highest BCUT2D eigenvalue weighted by Gasteiger charge is 2.30. The van der Waals surface area contributed by atoms with Gasteiger partial charge in [-0.15, -0.1) is 0 Å². The van der Waals surface area contributed by atoms with Crippen LogP contribution in [-0.4, -0.2) is 48.8 Å². The Hall–Kier alpha value is -3.84.